The number of nitrogens with zero attached hydrogens (tertiary/aromatic N) is 1. The molecule has 1 saturated heterocycles. The third-order valence-electron chi connectivity index (χ3n) is 2.32. The zero-order valence-corrected chi connectivity index (χ0v) is 10.4. The number of nitrogens with one attached hydrogen (secondary N) is 1. The molecule has 2 rings (SSSR count). The summed E-state index contributed by atoms with van der Waals surface area (Å²) in [5.74, 6) is 0. The molecule has 2 nitrogen and oxygen atoms in total. The number of para-hydroxylation sites is 1. The van der Waals surface area contributed by atoms with Gasteiger partial charge in [0.1, 0.15) is 11.0 Å². The first-order valence-electron chi connectivity index (χ1n) is 4.62. The number of halogens is 3. The Bertz CT molecular complexity index is 294. The van der Waals surface area contributed by atoms with Crippen molar-refractivity contribution in [3.8, 4) is 0 Å². The first-order valence-corrected chi connectivity index (χ1v) is 5.49. The molecule has 2 atom stereocenters. The maximum absolute atomic E-state index is 6.20. The number of alkyl halides is 2. The molecule has 1 fully saturated rings. The van der Waals surface area contributed by atoms with Crippen LogP contribution in [0.4, 0.5) is 5.69 Å². The Morgan fingerprint density at radius 2 is 1.87 bits per heavy atom. The molecule has 0 saturated carbocycles. The van der Waals surface area contributed by atoms with E-state index in [4.69, 9.17) is 23.2 Å². The van der Waals surface area contributed by atoms with Crippen LogP contribution in [0.1, 0.15) is 0 Å². The second kappa shape index (κ2) is 5.80. The molecule has 0 amide bonds. The molecular weight excluding hydrogens is 254 g/mol. The molecule has 1 N–H and O–H groups in total. The molecule has 0 bridgehead atoms. The number of hydrogen-bond acceptors (Lipinski definition) is 2. The predicted octanol–water partition coefficient (Wildman–Crippen LogP) is 2.65. The molecule has 0 aromatic heterocycles. The van der Waals surface area contributed by atoms with Crippen molar-refractivity contribution in [3.05, 3.63) is 30.3 Å². The van der Waals surface area contributed by atoms with Gasteiger partial charge in [-0.05, 0) is 12.1 Å². The molecular formula is C10H13Cl3N2. The quantitative estimate of drug-likeness (QED) is 0.622. The second-order valence-corrected chi connectivity index (χ2v) is 4.17. The molecule has 1 aliphatic rings. The fraction of sp³-hybridized carbons (Fsp3) is 0.400. The summed E-state index contributed by atoms with van der Waals surface area (Å²) in [5, 5.41) is 3.12. The van der Waals surface area contributed by atoms with Crippen molar-refractivity contribution in [1.29, 1.82) is 0 Å². The number of rotatable bonds is 1. The van der Waals surface area contributed by atoms with Crippen molar-refractivity contribution >= 4 is 41.3 Å². The van der Waals surface area contributed by atoms with Crippen LogP contribution in [0.3, 0.4) is 0 Å². The van der Waals surface area contributed by atoms with Gasteiger partial charge in [0.15, 0.2) is 0 Å². The summed E-state index contributed by atoms with van der Waals surface area (Å²) < 4.78 is 0. The highest BCUT2D eigenvalue weighted by molar-refractivity contribution is 6.30. The van der Waals surface area contributed by atoms with Gasteiger partial charge in [0, 0.05) is 18.8 Å². The van der Waals surface area contributed by atoms with Crippen molar-refractivity contribution in [1.82, 2.24) is 5.32 Å². The summed E-state index contributed by atoms with van der Waals surface area (Å²) in [6, 6.07) is 10.1. The minimum absolute atomic E-state index is 0. The molecule has 84 valence electrons. The topological polar surface area (TPSA) is 15.3 Å². The van der Waals surface area contributed by atoms with Crippen LogP contribution < -0.4 is 10.2 Å². The summed E-state index contributed by atoms with van der Waals surface area (Å²) >= 11 is 12.2. The van der Waals surface area contributed by atoms with Crippen LogP contribution in [0.5, 0.6) is 0 Å². The van der Waals surface area contributed by atoms with Gasteiger partial charge in [-0.3, -0.25) is 5.32 Å². The van der Waals surface area contributed by atoms with E-state index in [0.29, 0.717) is 0 Å². The average molecular weight is 268 g/mol. The van der Waals surface area contributed by atoms with E-state index in [1.807, 2.05) is 30.3 Å². The zero-order valence-electron chi connectivity index (χ0n) is 8.07. The molecule has 1 aromatic carbocycles. The lowest BCUT2D eigenvalue weighted by Crippen LogP contribution is -2.53. The van der Waals surface area contributed by atoms with E-state index in [9.17, 15) is 0 Å². The predicted molar refractivity (Wildman–Crippen MR) is 68.3 cm³/mol. The lowest BCUT2D eigenvalue weighted by molar-refractivity contribution is 0.522. The van der Waals surface area contributed by atoms with Gasteiger partial charge in [-0.25, -0.2) is 0 Å². The van der Waals surface area contributed by atoms with E-state index in [2.05, 4.69) is 10.2 Å². The minimum Gasteiger partial charge on any atom is -0.352 e. The van der Waals surface area contributed by atoms with Crippen LogP contribution in [0, 0.1) is 0 Å². The summed E-state index contributed by atoms with van der Waals surface area (Å²) in [5.41, 5.74) is 0.748. The average Bonchev–Trinajstić information content (AvgIpc) is 2.23. The van der Waals surface area contributed by atoms with Crippen LogP contribution in [0.25, 0.3) is 0 Å². The van der Waals surface area contributed by atoms with Crippen molar-refractivity contribution in [3.63, 3.8) is 0 Å². The van der Waals surface area contributed by atoms with Gasteiger partial charge in [0.05, 0.1) is 0 Å². The highest BCUT2D eigenvalue weighted by atomic mass is 35.5. The summed E-state index contributed by atoms with van der Waals surface area (Å²) in [7, 11) is 0. The maximum Gasteiger partial charge on any atom is 0.133 e. The lowest BCUT2D eigenvalue weighted by atomic mass is 10.2. The van der Waals surface area contributed by atoms with Crippen LogP contribution in [-0.4, -0.2) is 24.1 Å². The first-order chi connectivity index (χ1) is 6.79. The smallest absolute Gasteiger partial charge is 0.133 e. The van der Waals surface area contributed by atoms with Crippen molar-refractivity contribution in [2.75, 3.05) is 18.0 Å². The third kappa shape index (κ3) is 2.91. The molecule has 2 unspecified atom stereocenters. The summed E-state index contributed by atoms with van der Waals surface area (Å²) in [6.07, 6.45) is 0. The van der Waals surface area contributed by atoms with Crippen LogP contribution in [0.2, 0.25) is 0 Å². The van der Waals surface area contributed by atoms with Gasteiger partial charge < -0.3 is 4.90 Å². The van der Waals surface area contributed by atoms with E-state index in [-0.39, 0.29) is 23.4 Å². The molecule has 0 radical (unpaired) electrons. The molecule has 15 heavy (non-hydrogen) atoms. The number of anilines is 1. The number of benzene rings is 1. The summed E-state index contributed by atoms with van der Waals surface area (Å²) in [6.45, 7) is 1.76. The Morgan fingerprint density at radius 3 is 2.53 bits per heavy atom. The molecule has 1 aromatic rings. The fourth-order valence-electron chi connectivity index (χ4n) is 1.59. The van der Waals surface area contributed by atoms with Gasteiger partial charge in [0.2, 0.25) is 0 Å². The van der Waals surface area contributed by atoms with Gasteiger partial charge in [-0.15, -0.1) is 24.0 Å². The number of hydrogen-bond donors (Lipinski definition) is 1. The standard InChI is InChI=1S/C10H12Cl2N2.ClH/c11-9-10(12)14(7-6-13-9)8-4-2-1-3-5-8;/h1-5,9-10,13H,6-7H2;1H. The molecule has 1 heterocycles. The number of piperazine rings is 1. The molecule has 0 aliphatic carbocycles. The Kier molecular flexibility index (Phi) is 5.00. The van der Waals surface area contributed by atoms with E-state index in [1.165, 1.54) is 0 Å². The van der Waals surface area contributed by atoms with E-state index < -0.39 is 0 Å². The largest absolute Gasteiger partial charge is 0.352 e. The van der Waals surface area contributed by atoms with Crippen molar-refractivity contribution in [2.24, 2.45) is 0 Å². The van der Waals surface area contributed by atoms with E-state index in [0.717, 1.165) is 18.8 Å². The monoisotopic (exact) mass is 266 g/mol. The molecule has 5 heteroatoms. The fourth-order valence-corrected chi connectivity index (χ4v) is 2.14. The van der Waals surface area contributed by atoms with Gasteiger partial charge in [-0.2, -0.15) is 0 Å². The highest BCUT2D eigenvalue weighted by Crippen LogP contribution is 2.23. The van der Waals surface area contributed by atoms with Gasteiger partial charge >= 0.3 is 0 Å². The SMILES string of the molecule is Cl.ClC1NCCN(c2ccccc2)C1Cl. The van der Waals surface area contributed by atoms with Crippen LogP contribution in [-0.2, 0) is 0 Å². The maximum atomic E-state index is 6.20. The van der Waals surface area contributed by atoms with Gasteiger partial charge in [-0.1, -0.05) is 29.8 Å². The van der Waals surface area contributed by atoms with Crippen LogP contribution >= 0.6 is 35.6 Å². The normalized spacial score (nSPS) is 25.9. The minimum atomic E-state index is -0.189. The first kappa shape index (κ1) is 12.9. The summed E-state index contributed by atoms with van der Waals surface area (Å²) in [4.78, 5) is 2.11. The van der Waals surface area contributed by atoms with Gasteiger partial charge in [0.25, 0.3) is 0 Å². The Morgan fingerprint density at radius 1 is 1.20 bits per heavy atom. The third-order valence-corrected chi connectivity index (χ3v) is 3.33. The highest BCUT2D eigenvalue weighted by Gasteiger charge is 2.27. The van der Waals surface area contributed by atoms with E-state index in [1.54, 1.807) is 0 Å². The lowest BCUT2D eigenvalue weighted by Gasteiger charge is -2.37. The zero-order chi connectivity index (χ0) is 9.97. The molecule has 1 aliphatic heterocycles. The van der Waals surface area contributed by atoms with Crippen LogP contribution in [0.15, 0.2) is 30.3 Å². The Hall–Kier alpha value is -0.150. The van der Waals surface area contributed by atoms with Crippen molar-refractivity contribution < 1.29 is 0 Å². The van der Waals surface area contributed by atoms with Crippen molar-refractivity contribution in [2.45, 2.75) is 11.0 Å². The van der Waals surface area contributed by atoms with E-state index >= 15 is 0 Å². The Balaban J connectivity index is 0.00000112. The Labute approximate surface area is 106 Å². The second-order valence-electron chi connectivity index (χ2n) is 3.26. The molecule has 0 spiro atoms.